The maximum absolute atomic E-state index is 12.8. The molecule has 1 fully saturated rings. The molecule has 126 valence electrons. The molecule has 1 aliphatic carbocycles. The highest BCUT2D eigenvalue weighted by atomic mass is 16.3. The molecule has 4 rings (SSSR count). The quantitative estimate of drug-likeness (QED) is 0.931. The van der Waals surface area contributed by atoms with Crippen molar-refractivity contribution in [2.75, 3.05) is 6.54 Å². The van der Waals surface area contributed by atoms with E-state index in [-0.39, 0.29) is 11.8 Å². The highest BCUT2D eigenvalue weighted by Crippen LogP contribution is 2.48. The van der Waals surface area contributed by atoms with Crippen molar-refractivity contribution in [1.29, 1.82) is 0 Å². The molecule has 24 heavy (non-hydrogen) atoms. The van der Waals surface area contributed by atoms with Crippen LogP contribution in [0, 0.1) is 5.92 Å². The first-order valence-corrected chi connectivity index (χ1v) is 8.44. The molecule has 1 aromatic carbocycles. The molecule has 6 nitrogen and oxygen atoms in total. The van der Waals surface area contributed by atoms with E-state index in [0.29, 0.717) is 31.4 Å². The van der Waals surface area contributed by atoms with E-state index in [0.717, 1.165) is 12.2 Å². The van der Waals surface area contributed by atoms with E-state index in [2.05, 4.69) is 22.3 Å². The molecule has 1 amide bonds. The first-order chi connectivity index (χ1) is 11.4. The Morgan fingerprint density at radius 3 is 2.67 bits per heavy atom. The molecule has 2 aromatic rings. The van der Waals surface area contributed by atoms with Crippen LogP contribution in [0.3, 0.4) is 0 Å². The Morgan fingerprint density at radius 2 is 1.96 bits per heavy atom. The molecule has 1 saturated carbocycles. The lowest BCUT2D eigenvalue weighted by molar-refractivity contribution is -0.134. The van der Waals surface area contributed by atoms with Gasteiger partial charge < -0.3 is 14.6 Å². The summed E-state index contributed by atoms with van der Waals surface area (Å²) in [6, 6.07) is 10.2. The summed E-state index contributed by atoms with van der Waals surface area (Å²) in [6.45, 7) is 5.16. The third-order valence-electron chi connectivity index (χ3n) is 4.95. The van der Waals surface area contributed by atoms with Crippen molar-refractivity contribution in [2.45, 2.75) is 44.9 Å². The van der Waals surface area contributed by atoms with Crippen molar-refractivity contribution in [3.05, 3.63) is 47.5 Å². The maximum Gasteiger partial charge on any atom is 0.226 e. The van der Waals surface area contributed by atoms with Gasteiger partial charge in [-0.05, 0) is 31.7 Å². The van der Waals surface area contributed by atoms with Crippen molar-refractivity contribution in [1.82, 2.24) is 19.7 Å². The fourth-order valence-electron chi connectivity index (χ4n) is 3.57. The second-order valence-corrected chi connectivity index (χ2v) is 7.27. The fraction of sp³-hybridized carbons (Fsp3) is 0.500. The highest BCUT2D eigenvalue weighted by Gasteiger charge is 2.46. The maximum atomic E-state index is 12.8. The topological polar surface area (TPSA) is 71.2 Å². The molecule has 6 heteroatoms. The van der Waals surface area contributed by atoms with E-state index >= 15 is 0 Å². The van der Waals surface area contributed by atoms with E-state index in [1.807, 2.05) is 27.7 Å². The van der Waals surface area contributed by atoms with Gasteiger partial charge in [-0.15, -0.1) is 10.2 Å². The van der Waals surface area contributed by atoms with Gasteiger partial charge in [-0.2, -0.15) is 0 Å². The van der Waals surface area contributed by atoms with E-state index in [9.17, 15) is 9.90 Å². The number of fused-ring (bicyclic) bond motifs is 1. The van der Waals surface area contributed by atoms with Crippen LogP contribution in [-0.4, -0.2) is 37.2 Å². The van der Waals surface area contributed by atoms with Crippen LogP contribution in [-0.2, 0) is 23.5 Å². The summed E-state index contributed by atoms with van der Waals surface area (Å²) in [7, 11) is 0. The van der Waals surface area contributed by atoms with Gasteiger partial charge in [0.15, 0.2) is 11.6 Å². The second kappa shape index (κ2) is 5.41. The zero-order valence-corrected chi connectivity index (χ0v) is 14.0. The van der Waals surface area contributed by atoms with Crippen LogP contribution in [0.5, 0.6) is 0 Å². The number of hydrogen-bond acceptors (Lipinski definition) is 4. The summed E-state index contributed by atoms with van der Waals surface area (Å²) < 4.78 is 1.94. The molecule has 1 aromatic heterocycles. The molecule has 0 radical (unpaired) electrons. The number of carbonyl (C=O) groups is 1. The molecule has 2 aliphatic rings. The van der Waals surface area contributed by atoms with Crippen molar-refractivity contribution < 1.29 is 9.90 Å². The first kappa shape index (κ1) is 15.3. The number of amides is 1. The Hall–Kier alpha value is -2.21. The molecule has 0 saturated heterocycles. The monoisotopic (exact) mass is 326 g/mol. The van der Waals surface area contributed by atoms with Gasteiger partial charge in [0, 0.05) is 19.0 Å². The highest BCUT2D eigenvalue weighted by molar-refractivity contribution is 5.83. The number of hydrogen-bond donors (Lipinski definition) is 1. The minimum atomic E-state index is -1.02. The van der Waals surface area contributed by atoms with Crippen molar-refractivity contribution >= 4 is 5.91 Å². The van der Waals surface area contributed by atoms with E-state index in [1.165, 1.54) is 5.56 Å². The van der Waals surface area contributed by atoms with Crippen molar-refractivity contribution in [3.63, 3.8) is 0 Å². The van der Waals surface area contributed by atoms with Crippen LogP contribution in [0.25, 0.3) is 0 Å². The normalized spacial score (nSPS) is 23.0. The van der Waals surface area contributed by atoms with Gasteiger partial charge >= 0.3 is 0 Å². The number of rotatable bonds is 3. The predicted molar refractivity (Wildman–Crippen MR) is 88.0 cm³/mol. The fourth-order valence-corrected chi connectivity index (χ4v) is 3.57. The van der Waals surface area contributed by atoms with Crippen molar-refractivity contribution in [3.8, 4) is 0 Å². The molecule has 1 aliphatic heterocycles. The minimum absolute atomic E-state index is 0.0932. The van der Waals surface area contributed by atoms with Crippen LogP contribution in [0.2, 0.25) is 0 Å². The summed E-state index contributed by atoms with van der Waals surface area (Å²) in [5.41, 5.74) is 0.229. The number of benzene rings is 1. The van der Waals surface area contributed by atoms with E-state index in [1.54, 1.807) is 13.8 Å². The van der Waals surface area contributed by atoms with E-state index < -0.39 is 5.60 Å². The molecule has 1 N–H and O–H groups in total. The van der Waals surface area contributed by atoms with Gasteiger partial charge in [0.2, 0.25) is 5.91 Å². The molecule has 2 atom stereocenters. The Morgan fingerprint density at radius 1 is 1.21 bits per heavy atom. The van der Waals surface area contributed by atoms with Gasteiger partial charge in [-0.1, -0.05) is 30.3 Å². The zero-order chi connectivity index (χ0) is 16.9. The third-order valence-corrected chi connectivity index (χ3v) is 4.95. The zero-order valence-electron chi connectivity index (χ0n) is 14.0. The average molecular weight is 326 g/mol. The largest absolute Gasteiger partial charge is 0.382 e. The predicted octanol–water partition coefficient (Wildman–Crippen LogP) is 1.65. The number of carbonyl (C=O) groups excluding carboxylic acids is 1. The van der Waals surface area contributed by atoms with Crippen LogP contribution in [0.1, 0.15) is 43.4 Å². The summed E-state index contributed by atoms with van der Waals surface area (Å²) in [5.74, 6) is 1.98. The van der Waals surface area contributed by atoms with E-state index in [4.69, 9.17) is 0 Å². The lowest BCUT2D eigenvalue weighted by Crippen LogP contribution is -2.40. The van der Waals surface area contributed by atoms with Gasteiger partial charge in [0.05, 0.1) is 6.54 Å². The SMILES string of the molecule is CC(C)(O)c1nnc2n1CCN(C(=O)[C@H]1C[C@@H]1c1ccccc1)C2. The number of nitrogens with zero attached hydrogens (tertiary/aromatic N) is 4. The van der Waals surface area contributed by atoms with Crippen LogP contribution >= 0.6 is 0 Å². The standard InChI is InChI=1S/C18H22N4O2/c1-18(2,24)17-20-19-15-11-21(8-9-22(15)17)16(23)14-10-13(14)12-6-4-3-5-7-12/h3-7,13-14,24H,8-11H2,1-2H3/t13-,14+/m1/s1. The lowest BCUT2D eigenvalue weighted by atomic mass is 10.1. The summed E-state index contributed by atoms with van der Waals surface area (Å²) in [4.78, 5) is 14.7. The Balaban J connectivity index is 1.46. The summed E-state index contributed by atoms with van der Waals surface area (Å²) in [6.07, 6.45) is 0.932. The lowest BCUT2D eigenvalue weighted by Gasteiger charge is -2.29. The molecular formula is C18H22N4O2. The van der Waals surface area contributed by atoms with Crippen LogP contribution < -0.4 is 0 Å². The molecule has 0 bridgehead atoms. The third kappa shape index (κ3) is 2.60. The van der Waals surface area contributed by atoms with Crippen LogP contribution in [0.4, 0.5) is 0 Å². The molecule has 0 spiro atoms. The minimum Gasteiger partial charge on any atom is -0.382 e. The smallest absolute Gasteiger partial charge is 0.226 e. The Kier molecular flexibility index (Phi) is 3.46. The van der Waals surface area contributed by atoms with Crippen LogP contribution in [0.15, 0.2) is 30.3 Å². The number of aliphatic hydroxyl groups is 1. The van der Waals surface area contributed by atoms with Gasteiger partial charge in [0.25, 0.3) is 0 Å². The van der Waals surface area contributed by atoms with Gasteiger partial charge in [-0.25, -0.2) is 0 Å². The van der Waals surface area contributed by atoms with Gasteiger partial charge in [-0.3, -0.25) is 4.79 Å². The number of aromatic nitrogens is 3. The summed E-state index contributed by atoms with van der Waals surface area (Å²) >= 11 is 0. The molecular weight excluding hydrogens is 304 g/mol. The molecule has 2 heterocycles. The Bertz CT molecular complexity index is 763. The summed E-state index contributed by atoms with van der Waals surface area (Å²) in [5, 5.41) is 18.4. The molecule has 0 unspecified atom stereocenters. The van der Waals surface area contributed by atoms with Gasteiger partial charge in [0.1, 0.15) is 5.60 Å². The van der Waals surface area contributed by atoms with Crippen molar-refractivity contribution in [2.24, 2.45) is 5.92 Å². The average Bonchev–Trinajstić information content (AvgIpc) is 3.24. The first-order valence-electron chi connectivity index (χ1n) is 8.44. The second-order valence-electron chi connectivity index (χ2n) is 7.27. The Labute approximate surface area is 141 Å².